The van der Waals surface area contributed by atoms with Crippen LogP contribution in [0.25, 0.3) is 0 Å². The molecule has 0 saturated carbocycles. The molecule has 104 valence electrons. The van der Waals surface area contributed by atoms with Crippen molar-refractivity contribution in [1.29, 1.82) is 0 Å². The molecule has 0 aliphatic heterocycles. The Balaban J connectivity index is 4.41. The largest absolute Gasteiger partial charge is 0.480 e. The van der Waals surface area contributed by atoms with E-state index in [-0.39, 0.29) is 5.92 Å². The van der Waals surface area contributed by atoms with Gasteiger partial charge in [0, 0.05) is 0 Å². The molecule has 0 radical (unpaired) electrons. The maximum Gasteiger partial charge on any atom is 0.322 e. The van der Waals surface area contributed by atoms with Crippen LogP contribution in [0.5, 0.6) is 0 Å². The van der Waals surface area contributed by atoms with Crippen molar-refractivity contribution in [1.82, 2.24) is 10.9 Å². The molecule has 0 bridgehead atoms. The summed E-state index contributed by atoms with van der Waals surface area (Å²) in [4.78, 5) is 32.3. The Morgan fingerprint density at radius 2 is 1.50 bits per heavy atom. The molecule has 0 saturated heterocycles. The van der Waals surface area contributed by atoms with Crippen LogP contribution in [0.15, 0.2) is 0 Å². The average Bonchev–Trinajstić information content (AvgIpc) is 2.20. The molecule has 6 N–H and O–H groups in total. The van der Waals surface area contributed by atoms with Gasteiger partial charge >= 0.3 is 11.9 Å². The normalized spacial score (nSPS) is 14.2. The van der Waals surface area contributed by atoms with Gasteiger partial charge in [0.05, 0.1) is 6.42 Å². The Hall–Kier alpha value is -1.67. The number of aliphatic carboxylic acids is 2. The zero-order valence-corrected chi connectivity index (χ0v) is 10.3. The zero-order chi connectivity index (χ0) is 14.3. The molecule has 2 atom stereocenters. The number of carbonyl (C=O) groups is 3. The topological polar surface area (TPSA) is 142 Å². The van der Waals surface area contributed by atoms with Crippen LogP contribution in [0.3, 0.4) is 0 Å². The fourth-order valence-electron chi connectivity index (χ4n) is 1.30. The van der Waals surface area contributed by atoms with Crippen LogP contribution in [0.1, 0.15) is 26.7 Å². The molecule has 8 heteroatoms. The first-order valence-electron chi connectivity index (χ1n) is 5.49. The summed E-state index contributed by atoms with van der Waals surface area (Å²) in [6.45, 7) is 3.69. The van der Waals surface area contributed by atoms with Crippen molar-refractivity contribution < 1.29 is 24.6 Å². The summed E-state index contributed by atoms with van der Waals surface area (Å²) in [5, 5.41) is 17.7. The van der Waals surface area contributed by atoms with Gasteiger partial charge < -0.3 is 15.9 Å². The Morgan fingerprint density at radius 1 is 1.06 bits per heavy atom. The number of amides is 1. The van der Waals surface area contributed by atoms with Crippen LogP contribution in [0.4, 0.5) is 0 Å². The van der Waals surface area contributed by atoms with Crippen molar-refractivity contribution in [3.8, 4) is 0 Å². The van der Waals surface area contributed by atoms with E-state index in [1.807, 2.05) is 13.8 Å². The van der Waals surface area contributed by atoms with Gasteiger partial charge in [-0.1, -0.05) is 13.8 Å². The average molecular weight is 261 g/mol. The number of rotatable bonds is 9. The Labute approximate surface area is 105 Å². The monoisotopic (exact) mass is 261 g/mol. The predicted octanol–water partition coefficient (Wildman–Crippen LogP) is -1.09. The minimum Gasteiger partial charge on any atom is -0.480 e. The van der Waals surface area contributed by atoms with Crippen molar-refractivity contribution in [3.05, 3.63) is 0 Å². The lowest BCUT2D eigenvalue weighted by molar-refractivity contribution is -0.144. The van der Waals surface area contributed by atoms with Gasteiger partial charge in [0.2, 0.25) is 5.91 Å². The third-order valence-corrected chi connectivity index (χ3v) is 2.14. The lowest BCUT2D eigenvalue weighted by atomic mass is 10.0. The summed E-state index contributed by atoms with van der Waals surface area (Å²) >= 11 is 0. The van der Waals surface area contributed by atoms with E-state index in [0.717, 1.165) is 0 Å². The molecule has 0 fully saturated rings. The van der Waals surface area contributed by atoms with Crippen molar-refractivity contribution in [2.24, 2.45) is 11.7 Å². The van der Waals surface area contributed by atoms with Gasteiger partial charge in [-0.25, -0.2) is 10.9 Å². The number of carboxylic acid groups (broad SMARTS) is 2. The third-order valence-electron chi connectivity index (χ3n) is 2.14. The molecule has 0 aliphatic carbocycles. The molecule has 0 rings (SSSR count). The lowest BCUT2D eigenvalue weighted by Gasteiger charge is -2.20. The highest BCUT2D eigenvalue weighted by atomic mass is 16.4. The smallest absolute Gasteiger partial charge is 0.322 e. The van der Waals surface area contributed by atoms with E-state index < -0.39 is 36.4 Å². The van der Waals surface area contributed by atoms with Gasteiger partial charge in [-0.2, -0.15) is 0 Å². The molecule has 1 amide bonds. The molecule has 0 spiro atoms. The second kappa shape index (κ2) is 7.62. The SMILES string of the molecule is CC(C)C[C@H](NN[C@@H](CC(N)=O)C(=O)O)C(=O)O. The highest BCUT2D eigenvalue weighted by molar-refractivity contribution is 5.83. The molecule has 0 unspecified atom stereocenters. The number of carbonyl (C=O) groups excluding carboxylic acids is 1. The van der Waals surface area contributed by atoms with Crippen molar-refractivity contribution in [2.75, 3.05) is 0 Å². The summed E-state index contributed by atoms with van der Waals surface area (Å²) in [6.07, 6.45) is -0.0956. The molecule has 0 aromatic carbocycles. The van der Waals surface area contributed by atoms with Gasteiger partial charge in [0.15, 0.2) is 0 Å². The maximum absolute atomic E-state index is 10.9. The fourth-order valence-corrected chi connectivity index (χ4v) is 1.30. The van der Waals surface area contributed by atoms with Gasteiger partial charge in [-0.15, -0.1) is 0 Å². The van der Waals surface area contributed by atoms with Crippen LogP contribution >= 0.6 is 0 Å². The molecule has 8 nitrogen and oxygen atoms in total. The number of primary amides is 1. The second-order valence-corrected chi connectivity index (χ2v) is 4.37. The number of hydrazine groups is 1. The van der Waals surface area contributed by atoms with Gasteiger partial charge in [0.25, 0.3) is 0 Å². The third kappa shape index (κ3) is 6.81. The zero-order valence-electron chi connectivity index (χ0n) is 10.3. The first kappa shape index (κ1) is 16.3. The van der Waals surface area contributed by atoms with Gasteiger partial charge in [-0.3, -0.25) is 14.4 Å². The maximum atomic E-state index is 10.9. The molecule has 0 aromatic heterocycles. The van der Waals surface area contributed by atoms with Crippen LogP contribution < -0.4 is 16.6 Å². The highest BCUT2D eigenvalue weighted by Gasteiger charge is 2.23. The summed E-state index contributed by atoms with van der Waals surface area (Å²) < 4.78 is 0. The summed E-state index contributed by atoms with van der Waals surface area (Å²) in [5.41, 5.74) is 9.60. The molecule has 18 heavy (non-hydrogen) atoms. The van der Waals surface area contributed by atoms with E-state index in [0.29, 0.717) is 6.42 Å². The number of carboxylic acids is 2. The minimum atomic E-state index is -1.28. The summed E-state index contributed by atoms with van der Waals surface area (Å²) in [6, 6.07) is -2.18. The Bertz CT molecular complexity index is 319. The van der Waals surface area contributed by atoms with Crippen LogP contribution in [-0.2, 0) is 14.4 Å². The Morgan fingerprint density at radius 3 is 1.83 bits per heavy atom. The standard InChI is InChI=1S/C10H19N3O5/c1-5(2)3-6(9(15)16)12-13-7(10(17)18)4-8(11)14/h5-7,12-13H,3-4H2,1-2H3,(H2,11,14)(H,15,16)(H,17,18)/t6-,7-/m0/s1. The quantitative estimate of drug-likeness (QED) is 0.332. The molecule has 0 heterocycles. The molecule has 0 aliphatic rings. The minimum absolute atomic E-state index is 0.125. The van der Waals surface area contributed by atoms with E-state index in [2.05, 4.69) is 10.9 Å². The predicted molar refractivity (Wildman–Crippen MR) is 62.4 cm³/mol. The Kier molecular flexibility index (Phi) is 6.91. The number of hydrogen-bond donors (Lipinski definition) is 5. The summed E-state index contributed by atoms with van der Waals surface area (Å²) in [5.74, 6) is -3.04. The van der Waals surface area contributed by atoms with E-state index in [1.165, 1.54) is 0 Å². The van der Waals surface area contributed by atoms with E-state index in [9.17, 15) is 14.4 Å². The fraction of sp³-hybridized carbons (Fsp3) is 0.700. The number of nitrogens with one attached hydrogen (secondary N) is 2. The van der Waals surface area contributed by atoms with Crippen LogP contribution in [0.2, 0.25) is 0 Å². The van der Waals surface area contributed by atoms with Crippen LogP contribution in [-0.4, -0.2) is 40.1 Å². The van der Waals surface area contributed by atoms with Crippen LogP contribution in [0, 0.1) is 5.92 Å². The molecule has 0 aromatic rings. The summed E-state index contributed by atoms with van der Waals surface area (Å²) in [7, 11) is 0. The van der Waals surface area contributed by atoms with Crippen molar-refractivity contribution in [2.45, 2.75) is 38.8 Å². The van der Waals surface area contributed by atoms with Crippen molar-refractivity contribution in [3.63, 3.8) is 0 Å². The number of nitrogens with two attached hydrogens (primary N) is 1. The molecular formula is C10H19N3O5. The highest BCUT2D eigenvalue weighted by Crippen LogP contribution is 2.04. The lowest BCUT2D eigenvalue weighted by Crippen LogP contribution is -2.53. The van der Waals surface area contributed by atoms with E-state index in [1.54, 1.807) is 0 Å². The first-order valence-corrected chi connectivity index (χ1v) is 5.49. The van der Waals surface area contributed by atoms with Gasteiger partial charge in [-0.05, 0) is 12.3 Å². The first-order chi connectivity index (χ1) is 8.23. The van der Waals surface area contributed by atoms with Gasteiger partial charge in [0.1, 0.15) is 12.1 Å². The van der Waals surface area contributed by atoms with Crippen molar-refractivity contribution >= 4 is 17.8 Å². The second-order valence-electron chi connectivity index (χ2n) is 4.37. The van der Waals surface area contributed by atoms with E-state index in [4.69, 9.17) is 15.9 Å². The number of hydrogen-bond acceptors (Lipinski definition) is 5. The van der Waals surface area contributed by atoms with E-state index >= 15 is 0 Å². The molecular weight excluding hydrogens is 242 g/mol.